The Labute approximate surface area is 624 Å². The topological polar surface area (TPSA) is 307 Å². The summed E-state index contributed by atoms with van der Waals surface area (Å²) in [4.78, 5) is 13.5. The first-order chi connectivity index (χ1) is 50.3. The highest BCUT2D eigenvalue weighted by Gasteiger charge is 2.54. The smallest absolute Gasteiger partial charge is 0.220 e. The zero-order valence-electron chi connectivity index (χ0n) is 64.8. The first kappa shape index (κ1) is 95.0. The van der Waals surface area contributed by atoms with Crippen molar-refractivity contribution in [2.45, 2.75) is 452 Å². The number of rotatable bonds is 68. The minimum Gasteiger partial charge on any atom is -0.394 e. The molecular weight excluding hydrogens is 1310 g/mol. The SMILES string of the molecule is CCCCCCCCCC/C=C\CCCCCCCCCCCCCCCCCCCCCCCCCC(=O)NC(COC1OC(CO)C(OC2OC(CO)C(OC3OC(CO)C(O)C(O)C3O)C(O)C2O)C(O)C1O)C(O)/C=C/CC/C=C/CC/C=C/CCCCCCCCCCCCCCC. The first-order valence-electron chi connectivity index (χ1n) is 42.4. The second-order valence-electron chi connectivity index (χ2n) is 30.3. The lowest BCUT2D eigenvalue weighted by molar-refractivity contribution is -0.379. The van der Waals surface area contributed by atoms with Gasteiger partial charge in [-0.05, 0) is 70.6 Å². The Morgan fingerprint density at radius 3 is 0.971 bits per heavy atom. The molecule has 0 aromatic carbocycles. The highest BCUT2D eigenvalue weighted by atomic mass is 16.8. The van der Waals surface area contributed by atoms with Gasteiger partial charge in [-0.2, -0.15) is 0 Å². The lowest BCUT2D eigenvalue weighted by Crippen LogP contribution is -2.66. The Kier molecular flexibility index (Phi) is 59.5. The van der Waals surface area contributed by atoms with E-state index in [1.807, 2.05) is 6.08 Å². The van der Waals surface area contributed by atoms with Gasteiger partial charge >= 0.3 is 0 Å². The maximum Gasteiger partial charge on any atom is 0.220 e. The van der Waals surface area contributed by atoms with Crippen LogP contribution in [0.2, 0.25) is 0 Å². The highest BCUT2D eigenvalue weighted by Crippen LogP contribution is 2.33. The van der Waals surface area contributed by atoms with E-state index in [0.29, 0.717) is 12.8 Å². The Morgan fingerprint density at radius 2 is 0.621 bits per heavy atom. The van der Waals surface area contributed by atoms with Crippen LogP contribution in [-0.4, -0.2) is 193 Å². The maximum absolute atomic E-state index is 13.5. The molecule has 17 atom stereocenters. The first-order valence-corrected chi connectivity index (χ1v) is 42.4. The minimum absolute atomic E-state index is 0.235. The number of aliphatic hydroxyl groups is 11. The molecule has 0 aromatic rings. The Hall–Kier alpha value is -2.25. The van der Waals surface area contributed by atoms with Crippen molar-refractivity contribution in [3.05, 3.63) is 48.6 Å². The van der Waals surface area contributed by atoms with Gasteiger partial charge in [-0.25, -0.2) is 0 Å². The number of nitrogens with one attached hydrogen (secondary N) is 1. The average molecular weight is 1470 g/mol. The summed E-state index contributed by atoms with van der Waals surface area (Å²) < 4.78 is 34.4. The van der Waals surface area contributed by atoms with Gasteiger partial charge in [-0.15, -0.1) is 0 Å². The van der Waals surface area contributed by atoms with E-state index in [4.69, 9.17) is 28.4 Å². The number of allylic oxidation sites excluding steroid dienone is 7. The van der Waals surface area contributed by atoms with Crippen molar-refractivity contribution >= 4 is 5.91 Å². The number of carbonyl (C=O) groups excluding carboxylic acids is 1. The highest BCUT2D eigenvalue weighted by molar-refractivity contribution is 5.76. The summed E-state index contributed by atoms with van der Waals surface area (Å²) in [6.45, 7) is 1.76. The summed E-state index contributed by atoms with van der Waals surface area (Å²) in [6.07, 6.45) is 55.5. The number of aliphatic hydroxyl groups excluding tert-OH is 11. The predicted molar refractivity (Wildman–Crippen MR) is 411 cm³/mol. The van der Waals surface area contributed by atoms with E-state index >= 15 is 0 Å². The molecule has 0 radical (unpaired) electrons. The van der Waals surface area contributed by atoms with E-state index in [1.165, 1.54) is 270 Å². The second-order valence-corrected chi connectivity index (χ2v) is 30.3. The number of hydrogen-bond donors (Lipinski definition) is 12. The minimum atomic E-state index is -1.98. The van der Waals surface area contributed by atoms with Crippen molar-refractivity contribution in [2.75, 3.05) is 26.4 Å². The van der Waals surface area contributed by atoms with E-state index in [0.717, 1.165) is 44.9 Å². The molecule has 604 valence electrons. The van der Waals surface area contributed by atoms with E-state index in [9.17, 15) is 61.0 Å². The van der Waals surface area contributed by atoms with E-state index in [-0.39, 0.29) is 18.9 Å². The van der Waals surface area contributed by atoms with Gasteiger partial charge in [0.05, 0.1) is 38.6 Å². The molecular formula is C84H155NO18. The van der Waals surface area contributed by atoms with Gasteiger partial charge in [0, 0.05) is 6.42 Å². The molecule has 3 rings (SSSR count). The number of amides is 1. The molecule has 12 N–H and O–H groups in total. The molecule has 0 aliphatic carbocycles. The molecule has 19 nitrogen and oxygen atoms in total. The third kappa shape index (κ3) is 44.3. The molecule has 1 amide bonds. The van der Waals surface area contributed by atoms with Crippen molar-refractivity contribution in [1.82, 2.24) is 5.32 Å². The number of hydrogen-bond acceptors (Lipinski definition) is 18. The largest absolute Gasteiger partial charge is 0.394 e. The molecule has 0 aromatic heterocycles. The van der Waals surface area contributed by atoms with Crippen molar-refractivity contribution < 1.29 is 89.4 Å². The van der Waals surface area contributed by atoms with Gasteiger partial charge < -0.3 is 89.9 Å². The van der Waals surface area contributed by atoms with Crippen LogP contribution in [0.5, 0.6) is 0 Å². The van der Waals surface area contributed by atoms with Crippen LogP contribution in [0.3, 0.4) is 0 Å². The molecule has 0 spiro atoms. The van der Waals surface area contributed by atoms with Crippen molar-refractivity contribution in [3.8, 4) is 0 Å². The number of ether oxygens (including phenoxy) is 6. The second kappa shape index (κ2) is 64.6. The fourth-order valence-corrected chi connectivity index (χ4v) is 14.3. The lowest BCUT2D eigenvalue weighted by atomic mass is 9.96. The predicted octanol–water partition coefficient (Wildman–Crippen LogP) is 14.8. The average Bonchev–Trinajstić information content (AvgIpc) is 0.781. The Balaban J connectivity index is 1.35. The van der Waals surface area contributed by atoms with Crippen LogP contribution in [0.1, 0.15) is 348 Å². The summed E-state index contributed by atoms with van der Waals surface area (Å²) in [5.41, 5.74) is 0. The molecule has 3 aliphatic rings. The Bertz CT molecular complexity index is 2050. The monoisotopic (exact) mass is 1470 g/mol. The summed E-state index contributed by atoms with van der Waals surface area (Å²) >= 11 is 0. The third-order valence-electron chi connectivity index (χ3n) is 21.1. The number of unbranched alkanes of at least 4 members (excludes halogenated alkanes) is 46. The van der Waals surface area contributed by atoms with Crippen LogP contribution >= 0.6 is 0 Å². The normalized spacial score (nSPS) is 26.2. The Morgan fingerprint density at radius 1 is 0.340 bits per heavy atom. The fraction of sp³-hybridized carbons (Fsp3) is 0.893. The van der Waals surface area contributed by atoms with Gasteiger partial charge in [0.15, 0.2) is 18.9 Å². The standard InChI is InChI=1S/C84H155NO18/c1-3-5-7-9-11-13-15-17-19-21-23-25-27-28-29-30-31-32-33-34-35-36-37-38-40-42-44-46-48-50-52-54-56-58-60-62-72(90)85-67(68(89)61-59-57-55-53-51-49-47-45-43-41-39-26-24-22-20-18-16-14-12-10-8-6-4-2)66-98-82-78(96)75(93)80(70(64-87)100-82)103-84-79(97)76(94)81(71(65-88)101-84)102-83-77(95)74(92)73(91)69(63-86)99-83/h21,23,43,45,51,53,59,61,67-71,73-84,86-89,91-97H,3-20,22,24-42,44,46-50,52,54-58,60,62-66H2,1-2H3,(H,85,90)/b23-21-,45-43+,53-51+,61-59+. The van der Waals surface area contributed by atoms with E-state index in [2.05, 4.69) is 55.6 Å². The third-order valence-corrected chi connectivity index (χ3v) is 21.1. The van der Waals surface area contributed by atoms with Gasteiger partial charge in [-0.1, -0.05) is 319 Å². The molecule has 0 bridgehead atoms. The maximum atomic E-state index is 13.5. The van der Waals surface area contributed by atoms with Crippen LogP contribution in [0.15, 0.2) is 48.6 Å². The fourth-order valence-electron chi connectivity index (χ4n) is 14.3. The quantitative estimate of drug-likeness (QED) is 0.0199. The summed E-state index contributed by atoms with van der Waals surface area (Å²) in [6, 6.07) is -0.997. The van der Waals surface area contributed by atoms with Crippen molar-refractivity contribution in [2.24, 2.45) is 0 Å². The molecule has 3 aliphatic heterocycles. The molecule has 103 heavy (non-hydrogen) atoms. The van der Waals surface area contributed by atoms with E-state index < -0.39 is 124 Å². The van der Waals surface area contributed by atoms with Crippen LogP contribution in [-0.2, 0) is 33.2 Å². The van der Waals surface area contributed by atoms with Gasteiger partial charge in [-0.3, -0.25) is 4.79 Å². The van der Waals surface area contributed by atoms with Gasteiger partial charge in [0.2, 0.25) is 5.91 Å². The van der Waals surface area contributed by atoms with Crippen molar-refractivity contribution in [3.63, 3.8) is 0 Å². The summed E-state index contributed by atoms with van der Waals surface area (Å²) in [5.74, 6) is -0.283. The molecule has 19 heteroatoms. The number of carbonyl (C=O) groups is 1. The molecule has 3 saturated heterocycles. The molecule has 17 unspecified atom stereocenters. The van der Waals surface area contributed by atoms with Crippen LogP contribution in [0, 0.1) is 0 Å². The van der Waals surface area contributed by atoms with Crippen LogP contribution in [0.25, 0.3) is 0 Å². The molecule has 3 fully saturated rings. The summed E-state index contributed by atoms with van der Waals surface area (Å²) in [5, 5.41) is 121. The summed E-state index contributed by atoms with van der Waals surface area (Å²) in [7, 11) is 0. The van der Waals surface area contributed by atoms with Gasteiger partial charge in [0.25, 0.3) is 0 Å². The zero-order chi connectivity index (χ0) is 74.6. The van der Waals surface area contributed by atoms with E-state index in [1.54, 1.807) is 6.08 Å². The van der Waals surface area contributed by atoms with Crippen molar-refractivity contribution in [1.29, 1.82) is 0 Å². The van der Waals surface area contributed by atoms with Crippen LogP contribution < -0.4 is 5.32 Å². The molecule has 3 heterocycles. The lowest BCUT2D eigenvalue weighted by Gasteiger charge is -2.48. The zero-order valence-corrected chi connectivity index (χ0v) is 64.8. The van der Waals surface area contributed by atoms with Crippen LogP contribution in [0.4, 0.5) is 0 Å². The molecule has 0 saturated carbocycles. The van der Waals surface area contributed by atoms with Gasteiger partial charge in [0.1, 0.15) is 73.2 Å².